The van der Waals surface area contributed by atoms with Gasteiger partial charge in [-0.15, -0.1) is 0 Å². The van der Waals surface area contributed by atoms with Gasteiger partial charge in [0.15, 0.2) is 0 Å². The molecule has 0 aliphatic heterocycles. The monoisotopic (exact) mass is 419 g/mol. The van der Waals surface area contributed by atoms with Crippen LogP contribution in [0, 0.1) is 0 Å². The number of benzene rings is 3. The van der Waals surface area contributed by atoms with Crippen LogP contribution in [0.2, 0.25) is 0 Å². The van der Waals surface area contributed by atoms with E-state index in [4.69, 9.17) is 4.74 Å². The number of rotatable bonds is 6. The molecule has 0 aliphatic carbocycles. The van der Waals surface area contributed by atoms with E-state index in [-0.39, 0.29) is 22.5 Å². The van der Waals surface area contributed by atoms with E-state index in [1.54, 1.807) is 60.7 Å². The zero-order chi connectivity index (χ0) is 21.0. The molecule has 7 nitrogen and oxygen atoms in total. The molecule has 0 saturated heterocycles. The van der Waals surface area contributed by atoms with Crippen molar-refractivity contribution in [1.82, 2.24) is 9.97 Å². The standard InChI is InChI=1S/C22H17N3O4S/c26-20-14-8-7-13-18(20)19-15-21(29-16-9-3-1-4-10-16)24-22(23-19)25-30(27,28)17-11-5-2-6-12-17/h1-15,26H,(H,23,24,25). The summed E-state index contributed by atoms with van der Waals surface area (Å²) in [5.74, 6) is 0.473. The Kier molecular flexibility index (Phi) is 5.32. The van der Waals surface area contributed by atoms with E-state index in [1.165, 1.54) is 24.3 Å². The van der Waals surface area contributed by atoms with Gasteiger partial charge in [-0.2, -0.15) is 4.98 Å². The Morgan fingerprint density at radius 3 is 2.13 bits per heavy atom. The van der Waals surface area contributed by atoms with Gasteiger partial charge in [-0.3, -0.25) is 0 Å². The second-order valence-corrected chi connectivity index (χ2v) is 7.95. The number of para-hydroxylation sites is 2. The second kappa shape index (κ2) is 8.22. The highest BCUT2D eigenvalue weighted by Gasteiger charge is 2.18. The lowest BCUT2D eigenvalue weighted by Gasteiger charge is -2.12. The van der Waals surface area contributed by atoms with E-state index in [0.29, 0.717) is 17.0 Å². The fourth-order valence-corrected chi connectivity index (χ4v) is 3.70. The van der Waals surface area contributed by atoms with Crippen LogP contribution in [0.5, 0.6) is 17.4 Å². The maximum absolute atomic E-state index is 12.7. The van der Waals surface area contributed by atoms with Gasteiger partial charge < -0.3 is 9.84 Å². The summed E-state index contributed by atoms with van der Waals surface area (Å²) in [5.41, 5.74) is 0.720. The Morgan fingerprint density at radius 1 is 0.800 bits per heavy atom. The molecule has 0 fully saturated rings. The van der Waals surface area contributed by atoms with Crippen LogP contribution in [0.1, 0.15) is 0 Å². The third-order valence-corrected chi connectivity index (χ3v) is 5.47. The Morgan fingerprint density at radius 2 is 1.43 bits per heavy atom. The Hall–Kier alpha value is -3.91. The highest BCUT2D eigenvalue weighted by molar-refractivity contribution is 7.92. The number of anilines is 1. The molecule has 8 heteroatoms. The van der Waals surface area contributed by atoms with Crippen molar-refractivity contribution in [3.8, 4) is 28.6 Å². The second-order valence-electron chi connectivity index (χ2n) is 6.27. The molecule has 2 N–H and O–H groups in total. The van der Waals surface area contributed by atoms with E-state index in [1.807, 2.05) is 6.07 Å². The van der Waals surface area contributed by atoms with Crippen molar-refractivity contribution in [2.45, 2.75) is 4.90 Å². The first kappa shape index (κ1) is 19.4. The molecule has 30 heavy (non-hydrogen) atoms. The largest absolute Gasteiger partial charge is 0.507 e. The third-order valence-electron chi connectivity index (χ3n) is 4.13. The molecule has 0 bridgehead atoms. The van der Waals surface area contributed by atoms with Gasteiger partial charge in [0, 0.05) is 11.6 Å². The molecule has 1 heterocycles. The first-order valence-electron chi connectivity index (χ1n) is 8.99. The first-order valence-corrected chi connectivity index (χ1v) is 10.5. The topological polar surface area (TPSA) is 101 Å². The third kappa shape index (κ3) is 4.39. The zero-order valence-corrected chi connectivity index (χ0v) is 16.5. The van der Waals surface area contributed by atoms with Crippen molar-refractivity contribution in [3.05, 3.63) is 91.0 Å². The highest BCUT2D eigenvalue weighted by atomic mass is 32.2. The highest BCUT2D eigenvalue weighted by Crippen LogP contribution is 2.31. The van der Waals surface area contributed by atoms with Crippen LogP contribution in [-0.2, 0) is 10.0 Å². The smallest absolute Gasteiger partial charge is 0.264 e. The zero-order valence-electron chi connectivity index (χ0n) is 15.6. The Balaban J connectivity index is 1.76. The van der Waals surface area contributed by atoms with Crippen molar-refractivity contribution in [3.63, 3.8) is 0 Å². The van der Waals surface area contributed by atoms with Crippen molar-refractivity contribution >= 4 is 16.0 Å². The van der Waals surface area contributed by atoms with Crippen molar-refractivity contribution < 1.29 is 18.3 Å². The van der Waals surface area contributed by atoms with Gasteiger partial charge in [-0.1, -0.05) is 48.5 Å². The summed E-state index contributed by atoms with van der Waals surface area (Å²) in [5, 5.41) is 10.2. The van der Waals surface area contributed by atoms with E-state index in [2.05, 4.69) is 14.7 Å². The van der Waals surface area contributed by atoms with Gasteiger partial charge >= 0.3 is 0 Å². The number of sulfonamides is 1. The molecule has 0 aliphatic rings. The molecule has 4 rings (SSSR count). The Bertz CT molecular complexity index is 1260. The van der Waals surface area contributed by atoms with Gasteiger partial charge in [0.25, 0.3) is 10.0 Å². The SMILES string of the molecule is O=S(=O)(Nc1nc(Oc2ccccc2)cc(-c2ccccc2O)n1)c1ccccc1. The number of phenolic OH excluding ortho intramolecular Hbond substituents is 1. The lowest BCUT2D eigenvalue weighted by atomic mass is 10.1. The molecule has 0 saturated carbocycles. The van der Waals surface area contributed by atoms with Gasteiger partial charge in [0.2, 0.25) is 11.8 Å². The number of nitrogens with one attached hydrogen (secondary N) is 1. The van der Waals surface area contributed by atoms with Crippen molar-refractivity contribution in [1.29, 1.82) is 0 Å². The molecule has 3 aromatic carbocycles. The van der Waals surface area contributed by atoms with E-state index in [0.717, 1.165) is 0 Å². The number of phenols is 1. The van der Waals surface area contributed by atoms with Crippen molar-refractivity contribution in [2.75, 3.05) is 4.72 Å². The maximum Gasteiger partial charge on any atom is 0.264 e. The molecule has 4 aromatic rings. The molecule has 1 aromatic heterocycles. The van der Waals surface area contributed by atoms with Crippen LogP contribution in [0.3, 0.4) is 0 Å². The number of aromatic nitrogens is 2. The number of aromatic hydroxyl groups is 1. The molecule has 0 atom stereocenters. The molecule has 0 unspecified atom stereocenters. The average molecular weight is 419 g/mol. The summed E-state index contributed by atoms with van der Waals surface area (Å²) < 4.78 is 33.6. The van der Waals surface area contributed by atoms with Crippen LogP contribution >= 0.6 is 0 Å². The summed E-state index contributed by atoms with van der Waals surface area (Å²) in [6.07, 6.45) is 0. The Labute approximate surface area is 173 Å². The maximum atomic E-state index is 12.7. The molecule has 150 valence electrons. The quantitative estimate of drug-likeness (QED) is 0.479. The van der Waals surface area contributed by atoms with E-state index >= 15 is 0 Å². The summed E-state index contributed by atoms with van der Waals surface area (Å²) in [6, 6.07) is 25.0. The summed E-state index contributed by atoms with van der Waals surface area (Å²) in [4.78, 5) is 8.54. The van der Waals surface area contributed by atoms with Crippen molar-refractivity contribution in [2.24, 2.45) is 0 Å². The van der Waals surface area contributed by atoms with Gasteiger partial charge in [0.05, 0.1) is 10.6 Å². The minimum atomic E-state index is -3.91. The van der Waals surface area contributed by atoms with E-state index < -0.39 is 10.0 Å². The van der Waals surface area contributed by atoms with Gasteiger partial charge in [-0.05, 0) is 36.4 Å². The molecular weight excluding hydrogens is 402 g/mol. The fourth-order valence-electron chi connectivity index (χ4n) is 2.74. The predicted octanol–water partition coefficient (Wildman–Crippen LogP) is 4.44. The molecule has 0 radical (unpaired) electrons. The lowest BCUT2D eigenvalue weighted by molar-refractivity contribution is 0.462. The minimum absolute atomic E-state index is 0.00118. The van der Waals surface area contributed by atoms with Crippen LogP contribution < -0.4 is 9.46 Å². The summed E-state index contributed by atoms with van der Waals surface area (Å²) >= 11 is 0. The number of ether oxygens (including phenoxy) is 1. The number of nitrogens with zero attached hydrogens (tertiary/aromatic N) is 2. The predicted molar refractivity (Wildman–Crippen MR) is 113 cm³/mol. The van der Waals surface area contributed by atoms with E-state index in [9.17, 15) is 13.5 Å². The van der Waals surface area contributed by atoms with Crippen LogP contribution in [-0.4, -0.2) is 23.5 Å². The number of hydrogen-bond acceptors (Lipinski definition) is 6. The first-order chi connectivity index (χ1) is 14.5. The lowest BCUT2D eigenvalue weighted by Crippen LogP contribution is -2.15. The van der Waals surface area contributed by atoms with Gasteiger partial charge in [-0.25, -0.2) is 18.1 Å². The molecular formula is C22H17N3O4S. The number of hydrogen-bond donors (Lipinski definition) is 2. The van der Waals surface area contributed by atoms with Crippen LogP contribution in [0.25, 0.3) is 11.3 Å². The average Bonchev–Trinajstić information content (AvgIpc) is 2.75. The fraction of sp³-hybridized carbons (Fsp3) is 0. The van der Waals surface area contributed by atoms with Crippen LogP contribution in [0.15, 0.2) is 95.9 Å². The minimum Gasteiger partial charge on any atom is -0.507 e. The summed E-state index contributed by atoms with van der Waals surface area (Å²) in [7, 11) is -3.91. The van der Waals surface area contributed by atoms with Gasteiger partial charge in [0.1, 0.15) is 11.5 Å². The normalized spacial score (nSPS) is 11.1. The molecule has 0 amide bonds. The molecule has 0 spiro atoms. The summed E-state index contributed by atoms with van der Waals surface area (Å²) in [6.45, 7) is 0. The van der Waals surface area contributed by atoms with Crippen LogP contribution in [0.4, 0.5) is 5.95 Å².